The highest BCUT2D eigenvalue weighted by Crippen LogP contribution is 2.42. The van der Waals surface area contributed by atoms with Gasteiger partial charge in [-0.25, -0.2) is 0 Å². The molecular weight excluding hydrogens is 1670 g/mol. The fourth-order valence-electron chi connectivity index (χ4n) is 16.1. The summed E-state index contributed by atoms with van der Waals surface area (Å²) in [7, 11) is 0. The number of alkyl halides is 1. The summed E-state index contributed by atoms with van der Waals surface area (Å²) in [5, 5.41) is 26.0. The van der Waals surface area contributed by atoms with Crippen molar-refractivity contribution in [3.05, 3.63) is 425 Å². The predicted molar refractivity (Wildman–Crippen MR) is 493 cm³/mol. The quantitative estimate of drug-likeness (QED) is 0.0342. The second-order valence-electron chi connectivity index (χ2n) is 32.5. The van der Waals surface area contributed by atoms with Crippen molar-refractivity contribution in [1.29, 1.82) is 0 Å². The molecule has 4 aliphatic rings. The van der Waals surface area contributed by atoms with Gasteiger partial charge in [-0.3, -0.25) is 0 Å². The maximum absolute atomic E-state index is 13.2. The van der Waals surface area contributed by atoms with Gasteiger partial charge in [0, 0.05) is 10.8 Å². The van der Waals surface area contributed by atoms with Gasteiger partial charge in [0.1, 0.15) is 96.5 Å². The molecule has 2 N–H and O–H groups in total. The highest BCUT2D eigenvalue weighted by molar-refractivity contribution is 7.99. The average Bonchev–Trinajstić information content (AvgIpc) is 0.767. The molecule has 20 atom stereocenters. The Kier molecular flexibility index (Phi) is 37.1. The number of rotatable bonds is 43. The smallest absolute Gasteiger partial charge is 0.187 e. The normalized spacial score (nSPS) is 25.7. The van der Waals surface area contributed by atoms with Gasteiger partial charge in [-0.05, 0) is 73.3 Å². The van der Waals surface area contributed by atoms with Gasteiger partial charge in [-0.15, -0.1) is 0 Å². The minimum absolute atomic E-state index is 0.0403. The first-order chi connectivity index (χ1) is 63.6. The SMILES string of the molecule is CC1[C@@H](Cl)OC(COCc2ccccc2)[C@H](OCc2ccccc2)[C@H]1OCc1ccccc1.OC1[C@@H](O[C@@H]2C(OCc3ccccc3)[C@@H](Sc3ccccc3)OC(CO[C@H]3OC(COCc4ccccc4)[C@@H](OCc4ccccc4)[C@H](OCc4ccccc4)C3O)[C@H]2OCc2ccccc2)OC(COCc2ccccc2)[C@@H](OCc2ccccc2)[C@@H]1OCc1ccccc1. The van der Waals surface area contributed by atoms with Crippen LogP contribution in [0.1, 0.15) is 68.1 Å². The first-order valence-corrected chi connectivity index (χ1v) is 45.7. The number of hydrogen-bond donors (Lipinski definition) is 2. The first kappa shape index (κ1) is 94.2. The van der Waals surface area contributed by atoms with E-state index in [9.17, 15) is 10.2 Å². The Bertz CT molecular complexity index is 5040. The molecule has 4 heterocycles. The van der Waals surface area contributed by atoms with Crippen LogP contribution in [0, 0.1) is 5.92 Å². The number of thioether (sulfide) groups is 1. The Balaban J connectivity index is 0.000000323. The number of aliphatic hydroxyl groups excluding tert-OH is 2. The fraction of sp³-hybridized carbons (Fsp3) is 0.333. The summed E-state index contributed by atoms with van der Waals surface area (Å²) >= 11 is 8.06. The molecule has 4 aliphatic heterocycles. The molecule has 0 amide bonds. The number of aliphatic hydroxyl groups is 2. The Morgan fingerprint density at radius 3 is 0.791 bits per heavy atom. The molecule has 129 heavy (non-hydrogen) atoms. The van der Waals surface area contributed by atoms with Crippen molar-refractivity contribution in [2.75, 3.05) is 26.4 Å². The third-order valence-electron chi connectivity index (χ3n) is 22.9. The average molecular weight is 1780 g/mol. The predicted octanol–water partition coefficient (Wildman–Crippen LogP) is 19.0. The van der Waals surface area contributed by atoms with Crippen molar-refractivity contribution in [1.82, 2.24) is 0 Å². The summed E-state index contributed by atoms with van der Waals surface area (Å²) in [6.45, 7) is 5.32. The lowest BCUT2D eigenvalue weighted by Gasteiger charge is -2.50. The lowest BCUT2D eigenvalue weighted by molar-refractivity contribution is -0.358. The summed E-state index contributed by atoms with van der Waals surface area (Å²) < 4.78 is 116. The molecule has 19 nitrogen and oxygen atoms in total. The van der Waals surface area contributed by atoms with Gasteiger partial charge < -0.3 is 90.7 Å². The molecule has 0 radical (unpaired) electrons. The highest BCUT2D eigenvalue weighted by atomic mass is 35.5. The maximum atomic E-state index is 13.2. The van der Waals surface area contributed by atoms with E-state index >= 15 is 0 Å². The maximum Gasteiger partial charge on any atom is 0.187 e. The minimum atomic E-state index is -1.46. The van der Waals surface area contributed by atoms with Gasteiger partial charge in [-0.2, -0.15) is 0 Å². The number of hydrogen-bond acceptors (Lipinski definition) is 20. The molecule has 16 rings (SSSR count). The topological polar surface area (TPSA) is 197 Å². The van der Waals surface area contributed by atoms with E-state index in [0.29, 0.717) is 33.0 Å². The van der Waals surface area contributed by atoms with E-state index < -0.39 is 96.8 Å². The van der Waals surface area contributed by atoms with Crippen molar-refractivity contribution in [2.45, 2.75) is 200 Å². The van der Waals surface area contributed by atoms with Crippen molar-refractivity contribution >= 4 is 23.4 Å². The highest BCUT2D eigenvalue weighted by Gasteiger charge is 2.56. The zero-order chi connectivity index (χ0) is 88.2. The van der Waals surface area contributed by atoms with E-state index in [1.165, 1.54) is 11.8 Å². The van der Waals surface area contributed by atoms with Gasteiger partial charge in [0.25, 0.3) is 0 Å². The van der Waals surface area contributed by atoms with Crippen LogP contribution in [0.5, 0.6) is 0 Å². The number of halogens is 1. The van der Waals surface area contributed by atoms with E-state index in [4.69, 9.17) is 92.1 Å². The number of benzene rings is 12. The molecule has 0 aromatic heterocycles. The standard InChI is InChI=1S/C80H84O15S.C28H31ClO4/c81-69-74(88-51-62-38-20-6-21-39-62)71(85-48-59-32-14-3-15-33-59)66(54-83-46-57-28-10-1-11-29-57)92-78(69)91-56-68-73(87-50-61-36-18-5-19-37-61)76(77(90-53-64-42-24-8-25-43-64)80(94-68)96-65-44-26-9-27-45-65)95-79-70(82)75(89-52-63-40-22-7-23-41-63)72(86-49-60-34-16-4-17-35-60)67(93-79)55-84-47-58-30-12-2-13-31-58;1-21-26(31-18-23-13-7-3-8-14-23)27(32-19-24-15-9-4-10-16-24)25(33-28(21)29)20-30-17-22-11-5-2-6-12-22/h1-45,66-82H,46-56H2;2-16,21,25-28H,17-20H2,1H3/t66?,67?,68?,69?,70?,71-,72-,73-,74-,75-,76+,77?,78+,79-,80-;21?,25?,26-,27-,28-/m10/s1. The fourth-order valence-corrected chi connectivity index (χ4v) is 17.5. The molecule has 12 aromatic carbocycles. The molecule has 4 saturated heterocycles. The molecule has 0 saturated carbocycles. The Morgan fingerprint density at radius 1 is 0.240 bits per heavy atom. The summed E-state index contributed by atoms with van der Waals surface area (Å²) in [6.07, 6.45) is -15.8. The van der Waals surface area contributed by atoms with Crippen LogP contribution in [-0.4, -0.2) is 152 Å². The van der Waals surface area contributed by atoms with Gasteiger partial charge in [0.05, 0.1) is 105 Å². The molecule has 0 bridgehead atoms. The monoisotopic (exact) mass is 1780 g/mol. The van der Waals surface area contributed by atoms with Crippen LogP contribution in [0.3, 0.4) is 0 Å². The molecule has 0 aliphatic carbocycles. The summed E-state index contributed by atoms with van der Waals surface area (Å²) in [4.78, 5) is 0.888. The largest absolute Gasteiger partial charge is 0.385 e. The summed E-state index contributed by atoms with van der Waals surface area (Å²) in [5.74, 6) is -0.0403. The molecular formula is C108H115ClO19S. The van der Waals surface area contributed by atoms with E-state index in [0.717, 1.165) is 66.1 Å². The van der Waals surface area contributed by atoms with E-state index in [-0.39, 0.29) is 90.3 Å². The zero-order valence-electron chi connectivity index (χ0n) is 72.4. The molecule has 12 aromatic rings. The van der Waals surface area contributed by atoms with Crippen LogP contribution in [0.15, 0.2) is 369 Å². The van der Waals surface area contributed by atoms with Crippen molar-refractivity contribution < 1.29 is 90.7 Å². The second-order valence-corrected chi connectivity index (χ2v) is 34.1. The van der Waals surface area contributed by atoms with Gasteiger partial charge in [0.15, 0.2) is 12.6 Å². The Morgan fingerprint density at radius 2 is 0.473 bits per heavy atom. The lowest BCUT2D eigenvalue weighted by Crippen LogP contribution is -2.66. The summed E-state index contributed by atoms with van der Waals surface area (Å²) in [6, 6.07) is 119. The number of ether oxygens (including phenoxy) is 17. The lowest BCUT2D eigenvalue weighted by atomic mass is 9.93. The van der Waals surface area contributed by atoms with Crippen LogP contribution < -0.4 is 0 Å². The van der Waals surface area contributed by atoms with Crippen LogP contribution in [-0.2, 0) is 153 Å². The van der Waals surface area contributed by atoms with E-state index in [1.807, 2.05) is 347 Å². The molecule has 674 valence electrons. The van der Waals surface area contributed by atoms with Crippen LogP contribution in [0.25, 0.3) is 0 Å². The van der Waals surface area contributed by atoms with Gasteiger partial charge in [0.2, 0.25) is 0 Å². The zero-order valence-corrected chi connectivity index (χ0v) is 74.0. The second kappa shape index (κ2) is 50.8. The van der Waals surface area contributed by atoms with Crippen molar-refractivity contribution in [3.63, 3.8) is 0 Å². The third-order valence-corrected chi connectivity index (χ3v) is 24.6. The van der Waals surface area contributed by atoms with Crippen molar-refractivity contribution in [3.8, 4) is 0 Å². The van der Waals surface area contributed by atoms with Gasteiger partial charge >= 0.3 is 0 Å². The summed E-state index contributed by atoms with van der Waals surface area (Å²) in [5.41, 5.74) is 9.41. The first-order valence-electron chi connectivity index (χ1n) is 44.3. The molecule has 8 unspecified atom stereocenters. The Labute approximate surface area is 766 Å². The minimum Gasteiger partial charge on any atom is -0.385 e. The van der Waals surface area contributed by atoms with Gasteiger partial charge in [-0.1, -0.05) is 382 Å². The molecule has 21 heteroatoms. The van der Waals surface area contributed by atoms with Crippen LogP contribution in [0.2, 0.25) is 0 Å². The van der Waals surface area contributed by atoms with E-state index in [1.54, 1.807) is 0 Å². The molecule has 4 fully saturated rings. The van der Waals surface area contributed by atoms with Crippen LogP contribution in [0.4, 0.5) is 0 Å². The Hall–Kier alpha value is -9.48. The van der Waals surface area contributed by atoms with Crippen molar-refractivity contribution in [2.24, 2.45) is 5.92 Å². The van der Waals surface area contributed by atoms with E-state index in [2.05, 4.69) is 24.3 Å². The molecule has 0 spiro atoms. The van der Waals surface area contributed by atoms with Crippen LogP contribution >= 0.6 is 23.4 Å². The third kappa shape index (κ3) is 28.5.